The van der Waals surface area contributed by atoms with Gasteiger partial charge in [0.15, 0.2) is 5.82 Å². The Kier molecular flexibility index (Phi) is 6.95. The second kappa shape index (κ2) is 9.47. The Morgan fingerprint density at radius 3 is 2.44 bits per heavy atom. The number of pyridine rings is 3. The maximum Gasteiger partial charge on any atom is 0.151 e. The van der Waals surface area contributed by atoms with Gasteiger partial charge in [-0.3, -0.25) is 4.98 Å². The average molecular weight is 613 g/mol. The van der Waals surface area contributed by atoms with E-state index in [-0.39, 0.29) is 11.5 Å². The molecule has 4 rings (SSSR count). The van der Waals surface area contributed by atoms with Gasteiger partial charge in [0, 0.05) is 23.4 Å². The number of nitrogens with one attached hydrogen (secondary N) is 1. The lowest BCUT2D eigenvalue weighted by molar-refractivity contribution is 0.587. The molecule has 1 N–H and O–H groups in total. The number of anilines is 1. The van der Waals surface area contributed by atoms with Gasteiger partial charge in [0.05, 0.1) is 27.4 Å². The molecule has 0 fully saturated rings. The van der Waals surface area contributed by atoms with Crippen molar-refractivity contribution in [2.45, 2.75) is 17.9 Å². The Morgan fingerprint density at radius 2 is 1.79 bits per heavy atom. The van der Waals surface area contributed by atoms with Crippen LogP contribution in [0.4, 0.5) is 14.5 Å². The predicted octanol–water partition coefficient (Wildman–Crippen LogP) is 7.03. The third-order valence-corrected chi connectivity index (χ3v) is 8.16. The molecule has 0 bridgehead atoms. The van der Waals surface area contributed by atoms with Crippen molar-refractivity contribution in [3.8, 4) is 11.3 Å². The largest absolute Gasteiger partial charge is 0.367 e. The Hall–Kier alpha value is -2.16. The van der Waals surface area contributed by atoms with Gasteiger partial charge in [0.25, 0.3) is 0 Å². The first-order valence-electron chi connectivity index (χ1n) is 10.3. The zero-order valence-corrected chi connectivity index (χ0v) is 22.6. The van der Waals surface area contributed by atoms with Gasteiger partial charge in [-0.15, -0.1) is 0 Å². The molecule has 5 nitrogen and oxygen atoms in total. The number of hydrogen-bond acceptors (Lipinski definition) is 5. The Labute approximate surface area is 214 Å². The Morgan fingerprint density at radius 1 is 1.09 bits per heavy atom. The molecule has 0 spiro atoms. The van der Waals surface area contributed by atoms with Gasteiger partial charge in [-0.1, -0.05) is 52.4 Å². The van der Waals surface area contributed by atoms with Gasteiger partial charge in [-0.2, -0.15) is 0 Å². The zero-order chi connectivity index (χ0) is 24.8. The predicted molar refractivity (Wildman–Crippen MR) is 143 cm³/mol. The monoisotopic (exact) mass is 612 g/mol. The number of hydrogen-bond donors (Lipinski definition) is 1. The molecule has 0 aliphatic heterocycles. The standard InChI is InChI=1S/C24H21ClF2IN4OP/c1-12-9-19(34(3,4)33)29-11-15(12)21-17(27)10-18-22(31-21)23(20(25)13(2)30-18)32-24(28)14-7-5-6-8-16(14)26/h5-11,24H,1-4H3,(H,30,32)/t24-/m0/s1. The minimum Gasteiger partial charge on any atom is -0.367 e. The topological polar surface area (TPSA) is 67.8 Å². The first-order valence-corrected chi connectivity index (χ1v) is 14.5. The molecule has 10 heteroatoms. The van der Waals surface area contributed by atoms with Gasteiger partial charge in [0.1, 0.15) is 28.2 Å². The normalized spacial score (nSPS) is 12.7. The van der Waals surface area contributed by atoms with Gasteiger partial charge < -0.3 is 9.88 Å². The molecule has 3 aromatic heterocycles. The average Bonchev–Trinajstić information content (AvgIpc) is 2.76. The van der Waals surface area contributed by atoms with Crippen LogP contribution in [0.25, 0.3) is 22.3 Å². The fourth-order valence-corrected chi connectivity index (χ4v) is 5.40. The van der Waals surface area contributed by atoms with E-state index in [0.29, 0.717) is 49.6 Å². The summed E-state index contributed by atoms with van der Waals surface area (Å²) in [5, 5.41) is 3.55. The zero-order valence-electron chi connectivity index (χ0n) is 18.8. The molecule has 0 aliphatic carbocycles. The molecular weight excluding hydrogens is 592 g/mol. The number of benzene rings is 1. The van der Waals surface area contributed by atoms with Crippen LogP contribution < -0.4 is 10.8 Å². The molecule has 0 unspecified atom stereocenters. The van der Waals surface area contributed by atoms with Gasteiger partial charge in [-0.25, -0.2) is 18.7 Å². The van der Waals surface area contributed by atoms with E-state index in [9.17, 15) is 8.96 Å². The van der Waals surface area contributed by atoms with Crippen LogP contribution in [0.3, 0.4) is 0 Å². The number of rotatable bonds is 5. The molecular formula is C24H21ClF2IN4OP. The van der Waals surface area contributed by atoms with Crippen LogP contribution in [0.5, 0.6) is 0 Å². The van der Waals surface area contributed by atoms with E-state index in [2.05, 4.69) is 42.9 Å². The molecule has 0 saturated heterocycles. The van der Waals surface area contributed by atoms with Crippen LogP contribution in [0, 0.1) is 25.5 Å². The fourth-order valence-electron chi connectivity index (χ4n) is 3.55. The minimum atomic E-state index is -2.57. The number of fused-ring (bicyclic) bond motifs is 1. The summed E-state index contributed by atoms with van der Waals surface area (Å²) in [5.74, 6) is -0.923. The summed E-state index contributed by atoms with van der Waals surface area (Å²) in [4.78, 5) is 13.3. The van der Waals surface area contributed by atoms with Crippen LogP contribution in [0.1, 0.15) is 20.9 Å². The smallest absolute Gasteiger partial charge is 0.151 e. The minimum absolute atomic E-state index is 0.0757. The maximum atomic E-state index is 15.2. The molecule has 1 atom stereocenters. The van der Waals surface area contributed by atoms with E-state index in [1.807, 2.05) is 0 Å². The van der Waals surface area contributed by atoms with Crippen molar-refractivity contribution in [2.75, 3.05) is 18.6 Å². The van der Waals surface area contributed by atoms with Gasteiger partial charge in [0.2, 0.25) is 0 Å². The van der Waals surface area contributed by atoms with Crippen LogP contribution in [0.15, 0.2) is 42.6 Å². The molecule has 3 heterocycles. The van der Waals surface area contributed by atoms with Crippen LogP contribution in [-0.2, 0) is 4.57 Å². The van der Waals surface area contributed by atoms with Crippen molar-refractivity contribution in [3.63, 3.8) is 0 Å². The van der Waals surface area contributed by atoms with Crippen molar-refractivity contribution in [1.29, 1.82) is 0 Å². The van der Waals surface area contributed by atoms with Crippen molar-refractivity contribution in [2.24, 2.45) is 0 Å². The highest BCUT2D eigenvalue weighted by Gasteiger charge is 2.22. The van der Waals surface area contributed by atoms with E-state index in [1.54, 1.807) is 51.4 Å². The second-order valence-corrected chi connectivity index (χ2v) is 13.1. The highest BCUT2D eigenvalue weighted by atomic mass is 127. The quantitative estimate of drug-likeness (QED) is 0.113. The molecule has 0 radical (unpaired) electrons. The highest BCUT2D eigenvalue weighted by molar-refractivity contribution is 14.1. The number of nitrogens with zero attached hydrogens (tertiary/aromatic N) is 3. The Bertz CT molecular complexity index is 1480. The number of halogens is 4. The first kappa shape index (κ1) is 24.9. The molecule has 176 valence electrons. The van der Waals surface area contributed by atoms with Crippen molar-refractivity contribution in [3.05, 3.63) is 76.1 Å². The summed E-state index contributed by atoms with van der Waals surface area (Å²) in [6.07, 6.45) is 1.48. The number of aryl methyl sites for hydroxylation is 2. The second-order valence-electron chi connectivity index (χ2n) is 8.31. The molecule has 4 aromatic rings. The van der Waals surface area contributed by atoms with Crippen molar-refractivity contribution < 1.29 is 13.3 Å². The highest BCUT2D eigenvalue weighted by Crippen LogP contribution is 2.39. The maximum absolute atomic E-state index is 15.2. The summed E-state index contributed by atoms with van der Waals surface area (Å²) in [7, 11) is -2.57. The van der Waals surface area contributed by atoms with Gasteiger partial charge >= 0.3 is 0 Å². The van der Waals surface area contributed by atoms with E-state index >= 15 is 4.39 Å². The summed E-state index contributed by atoms with van der Waals surface area (Å²) in [6, 6.07) is 9.43. The van der Waals surface area contributed by atoms with E-state index in [4.69, 9.17) is 11.6 Å². The summed E-state index contributed by atoms with van der Waals surface area (Å²) in [5.41, 5.74) is 3.75. The number of alkyl halides is 1. The lowest BCUT2D eigenvalue weighted by atomic mass is 10.1. The summed E-state index contributed by atoms with van der Waals surface area (Å²) in [6.45, 7) is 6.77. The first-order chi connectivity index (χ1) is 16.0. The van der Waals surface area contributed by atoms with Crippen molar-refractivity contribution >= 4 is 63.5 Å². The van der Waals surface area contributed by atoms with E-state index in [1.165, 1.54) is 18.3 Å². The lowest BCUT2D eigenvalue weighted by Crippen LogP contribution is -2.10. The summed E-state index contributed by atoms with van der Waals surface area (Å²) < 4.78 is 41.5. The van der Waals surface area contributed by atoms with Crippen LogP contribution in [0.2, 0.25) is 5.02 Å². The molecule has 0 aliphatic rings. The van der Waals surface area contributed by atoms with Crippen molar-refractivity contribution in [1.82, 2.24) is 15.0 Å². The third-order valence-electron chi connectivity index (χ3n) is 5.37. The van der Waals surface area contributed by atoms with Crippen LogP contribution in [-0.4, -0.2) is 28.3 Å². The van der Waals surface area contributed by atoms with E-state index < -0.39 is 17.0 Å². The number of aromatic nitrogens is 3. The molecule has 1 aromatic carbocycles. The molecule has 0 amide bonds. The van der Waals surface area contributed by atoms with Crippen LogP contribution >= 0.6 is 41.3 Å². The SMILES string of the molecule is Cc1cc(P(C)(C)=O)ncc1-c1nc2c(N[C@H](I)c3ccccc3F)c(Cl)c(C)nc2cc1F. The van der Waals surface area contributed by atoms with E-state index in [0.717, 1.165) is 0 Å². The molecule has 0 saturated carbocycles. The molecule has 34 heavy (non-hydrogen) atoms. The van der Waals surface area contributed by atoms with Gasteiger partial charge in [-0.05, 0) is 44.9 Å². The Balaban J connectivity index is 1.88. The summed E-state index contributed by atoms with van der Waals surface area (Å²) >= 11 is 8.66. The fraction of sp³-hybridized carbons (Fsp3) is 0.208. The lowest BCUT2D eigenvalue weighted by Gasteiger charge is -2.19. The third kappa shape index (κ3) is 4.81.